The first-order valence-electron chi connectivity index (χ1n) is 21.1. The standard InChI is InChI=1S/C58H38N4/c1-3-13-39(14-4-1)41-23-27-44(28-24-41)52-38-53(45-29-25-42(26-30-45)40-15-5-2-6-16-40)60-58(59-52)62-56-22-12-9-19-50(56)51-37-46(33-36-57(51)62)43-31-34-47(35-32-43)61-54-20-10-7-17-48(54)49-18-8-11-21-55(49)61/h1-38H. The van der Waals surface area contributed by atoms with Crippen molar-refractivity contribution in [1.82, 2.24) is 19.1 Å². The van der Waals surface area contributed by atoms with E-state index in [1.807, 2.05) is 0 Å². The molecule has 0 saturated heterocycles. The third-order valence-corrected chi connectivity index (χ3v) is 12.2. The van der Waals surface area contributed by atoms with Crippen LogP contribution in [0.4, 0.5) is 0 Å². The van der Waals surface area contributed by atoms with E-state index in [0.29, 0.717) is 5.95 Å². The van der Waals surface area contributed by atoms with Gasteiger partial charge in [-0.3, -0.25) is 4.57 Å². The molecule has 9 aromatic carbocycles. The zero-order valence-electron chi connectivity index (χ0n) is 33.7. The zero-order chi connectivity index (χ0) is 41.0. The molecule has 0 radical (unpaired) electrons. The van der Waals surface area contributed by atoms with Gasteiger partial charge in [-0.25, -0.2) is 9.97 Å². The Morgan fingerprint density at radius 2 is 0.597 bits per heavy atom. The van der Waals surface area contributed by atoms with Gasteiger partial charge >= 0.3 is 0 Å². The average Bonchev–Trinajstić information content (AvgIpc) is 3.87. The van der Waals surface area contributed by atoms with E-state index in [4.69, 9.17) is 9.97 Å². The van der Waals surface area contributed by atoms with Crippen LogP contribution in [0.2, 0.25) is 0 Å². The number of benzene rings is 9. The molecule has 0 bridgehead atoms. The van der Waals surface area contributed by atoms with Crippen molar-refractivity contribution in [2.24, 2.45) is 0 Å². The SMILES string of the molecule is c1ccc(-c2ccc(-c3cc(-c4ccc(-c5ccccc5)cc4)nc(-n4c5ccccc5c5cc(-c6ccc(-n7c8ccccc8c8ccccc87)cc6)ccc54)n3)cc2)cc1. The van der Waals surface area contributed by atoms with E-state index in [0.717, 1.165) is 61.1 Å². The second-order valence-corrected chi connectivity index (χ2v) is 15.8. The molecule has 0 saturated carbocycles. The van der Waals surface area contributed by atoms with Gasteiger partial charge in [0.05, 0.1) is 33.5 Å². The highest BCUT2D eigenvalue weighted by molar-refractivity contribution is 6.11. The molecule has 0 N–H and O–H groups in total. The highest BCUT2D eigenvalue weighted by Gasteiger charge is 2.18. The fourth-order valence-corrected chi connectivity index (χ4v) is 9.13. The average molecular weight is 791 g/mol. The molecule has 0 fully saturated rings. The summed E-state index contributed by atoms with van der Waals surface area (Å²) in [4.78, 5) is 10.7. The lowest BCUT2D eigenvalue weighted by Gasteiger charge is -2.13. The van der Waals surface area contributed by atoms with Gasteiger partial charge in [0.2, 0.25) is 5.95 Å². The van der Waals surface area contributed by atoms with E-state index in [1.54, 1.807) is 0 Å². The molecule has 0 atom stereocenters. The van der Waals surface area contributed by atoms with E-state index >= 15 is 0 Å². The van der Waals surface area contributed by atoms with Crippen molar-refractivity contribution < 1.29 is 0 Å². The summed E-state index contributed by atoms with van der Waals surface area (Å²) in [7, 11) is 0. The Kier molecular flexibility index (Phi) is 8.46. The Bertz CT molecular complexity index is 3430. The summed E-state index contributed by atoms with van der Waals surface area (Å²) in [6.45, 7) is 0. The number of para-hydroxylation sites is 3. The fourth-order valence-electron chi connectivity index (χ4n) is 9.13. The number of aromatic nitrogens is 4. The van der Waals surface area contributed by atoms with Crippen molar-refractivity contribution in [3.63, 3.8) is 0 Å². The van der Waals surface area contributed by atoms with E-state index in [-0.39, 0.29) is 0 Å². The lowest BCUT2D eigenvalue weighted by atomic mass is 10.0. The molecule has 0 aliphatic heterocycles. The van der Waals surface area contributed by atoms with Crippen molar-refractivity contribution >= 4 is 43.6 Å². The zero-order valence-corrected chi connectivity index (χ0v) is 33.7. The minimum absolute atomic E-state index is 0.631. The second kappa shape index (κ2) is 14.7. The number of hydrogen-bond acceptors (Lipinski definition) is 2. The molecule has 4 heteroatoms. The molecule has 0 unspecified atom stereocenters. The normalized spacial score (nSPS) is 11.5. The third-order valence-electron chi connectivity index (χ3n) is 12.2. The van der Waals surface area contributed by atoms with Crippen LogP contribution in [0.5, 0.6) is 0 Å². The van der Waals surface area contributed by atoms with Crippen LogP contribution in [0.3, 0.4) is 0 Å². The second-order valence-electron chi connectivity index (χ2n) is 15.8. The topological polar surface area (TPSA) is 35.6 Å². The Morgan fingerprint density at radius 1 is 0.242 bits per heavy atom. The quantitative estimate of drug-likeness (QED) is 0.161. The van der Waals surface area contributed by atoms with Crippen molar-refractivity contribution in [3.05, 3.63) is 231 Å². The Morgan fingerprint density at radius 3 is 1.11 bits per heavy atom. The van der Waals surface area contributed by atoms with Crippen LogP contribution in [0.15, 0.2) is 231 Å². The fraction of sp³-hybridized carbons (Fsp3) is 0. The monoisotopic (exact) mass is 790 g/mol. The van der Waals surface area contributed by atoms with Crippen LogP contribution in [0, 0.1) is 0 Å². The first kappa shape index (κ1) is 35.6. The maximum absolute atomic E-state index is 5.35. The Labute approximate surface area is 359 Å². The lowest BCUT2D eigenvalue weighted by Crippen LogP contribution is -2.04. The molecule has 290 valence electrons. The van der Waals surface area contributed by atoms with Gasteiger partial charge in [0.1, 0.15) is 0 Å². The predicted molar refractivity (Wildman–Crippen MR) is 258 cm³/mol. The van der Waals surface area contributed by atoms with Gasteiger partial charge in [-0.15, -0.1) is 0 Å². The van der Waals surface area contributed by atoms with Gasteiger partial charge in [0, 0.05) is 38.4 Å². The molecule has 0 spiro atoms. The van der Waals surface area contributed by atoms with Crippen molar-refractivity contribution in [1.29, 1.82) is 0 Å². The van der Waals surface area contributed by atoms with Gasteiger partial charge in [0.25, 0.3) is 0 Å². The van der Waals surface area contributed by atoms with E-state index in [9.17, 15) is 0 Å². The van der Waals surface area contributed by atoms with Gasteiger partial charge in [-0.05, 0) is 81.9 Å². The van der Waals surface area contributed by atoms with Crippen molar-refractivity contribution in [2.75, 3.05) is 0 Å². The summed E-state index contributed by atoms with van der Waals surface area (Å²) in [6.07, 6.45) is 0. The predicted octanol–water partition coefficient (Wildman–Crippen LogP) is 15.0. The molecule has 62 heavy (non-hydrogen) atoms. The van der Waals surface area contributed by atoms with Gasteiger partial charge in [-0.2, -0.15) is 0 Å². The summed E-state index contributed by atoms with van der Waals surface area (Å²) in [5, 5.41) is 4.83. The molecule has 4 nitrogen and oxygen atoms in total. The number of fused-ring (bicyclic) bond motifs is 6. The number of rotatable bonds is 7. The minimum atomic E-state index is 0.631. The van der Waals surface area contributed by atoms with Gasteiger partial charge in [-0.1, -0.05) is 182 Å². The van der Waals surface area contributed by atoms with Crippen molar-refractivity contribution in [3.8, 4) is 67.5 Å². The lowest BCUT2D eigenvalue weighted by molar-refractivity contribution is 0.995. The summed E-state index contributed by atoms with van der Waals surface area (Å²) >= 11 is 0. The summed E-state index contributed by atoms with van der Waals surface area (Å²) in [5.74, 6) is 0.631. The Balaban J connectivity index is 0.976. The van der Waals surface area contributed by atoms with Gasteiger partial charge < -0.3 is 4.57 Å². The van der Waals surface area contributed by atoms with Crippen LogP contribution < -0.4 is 0 Å². The van der Waals surface area contributed by atoms with Crippen LogP contribution in [0.25, 0.3) is 111 Å². The first-order valence-corrected chi connectivity index (χ1v) is 21.1. The molecule has 0 amide bonds. The molecule has 0 aliphatic rings. The van der Waals surface area contributed by atoms with Crippen LogP contribution in [0.1, 0.15) is 0 Å². The largest absolute Gasteiger partial charge is 0.309 e. The summed E-state index contributed by atoms with van der Waals surface area (Å²) in [5.41, 5.74) is 16.5. The molecule has 3 heterocycles. The van der Waals surface area contributed by atoms with Crippen molar-refractivity contribution in [2.45, 2.75) is 0 Å². The molecule has 12 aromatic rings. The highest BCUT2D eigenvalue weighted by atomic mass is 15.2. The highest BCUT2D eigenvalue weighted by Crippen LogP contribution is 2.37. The maximum atomic E-state index is 5.35. The first-order chi connectivity index (χ1) is 30.7. The van der Waals surface area contributed by atoms with Crippen LogP contribution >= 0.6 is 0 Å². The van der Waals surface area contributed by atoms with E-state index in [1.165, 1.54) is 44.1 Å². The Hall–Kier alpha value is -8.34. The van der Waals surface area contributed by atoms with E-state index < -0.39 is 0 Å². The molecule has 12 rings (SSSR count). The molecular formula is C58H38N4. The molecule has 0 aliphatic carbocycles. The third kappa shape index (κ3) is 6.08. The number of hydrogen-bond donors (Lipinski definition) is 0. The summed E-state index contributed by atoms with van der Waals surface area (Å²) < 4.78 is 4.59. The maximum Gasteiger partial charge on any atom is 0.235 e. The van der Waals surface area contributed by atoms with Crippen LogP contribution in [-0.2, 0) is 0 Å². The van der Waals surface area contributed by atoms with E-state index in [2.05, 4.69) is 240 Å². The molecular weight excluding hydrogens is 753 g/mol. The smallest absolute Gasteiger partial charge is 0.235 e. The molecule has 3 aromatic heterocycles. The van der Waals surface area contributed by atoms with Crippen LogP contribution in [-0.4, -0.2) is 19.1 Å². The number of nitrogens with zero attached hydrogens (tertiary/aromatic N) is 4. The summed E-state index contributed by atoms with van der Waals surface area (Å²) in [6, 6.07) is 82.1. The van der Waals surface area contributed by atoms with Gasteiger partial charge in [0.15, 0.2) is 0 Å². The minimum Gasteiger partial charge on any atom is -0.309 e.